The summed E-state index contributed by atoms with van der Waals surface area (Å²) in [4.78, 5) is 26.2. The van der Waals surface area contributed by atoms with Crippen molar-refractivity contribution in [3.05, 3.63) is 29.8 Å². The molecular weight excluding hydrogens is 252 g/mol. The highest BCUT2D eigenvalue weighted by Crippen LogP contribution is 2.17. The van der Waals surface area contributed by atoms with Crippen LogP contribution in [0.2, 0.25) is 0 Å². The average molecular weight is 269 g/mol. The molecule has 1 aromatic rings. The minimum atomic E-state index is -0.261. The maximum atomic E-state index is 12.0. The van der Waals surface area contributed by atoms with Crippen LogP contribution in [0, 0.1) is 6.92 Å². The minimum Gasteiger partial charge on any atom is -0.335 e. The smallest absolute Gasteiger partial charge is 0.246 e. The first-order chi connectivity index (χ1) is 8.47. The third-order valence-electron chi connectivity index (χ3n) is 2.76. The van der Waals surface area contributed by atoms with Gasteiger partial charge in [-0.05, 0) is 18.6 Å². The normalized spacial score (nSPS) is 10.0. The summed E-state index contributed by atoms with van der Waals surface area (Å²) in [6, 6.07) is 7.60. The van der Waals surface area contributed by atoms with E-state index in [9.17, 15) is 9.59 Å². The van der Waals surface area contributed by atoms with Crippen LogP contribution in [0.5, 0.6) is 0 Å². The Kier molecular flexibility index (Phi) is 5.16. The summed E-state index contributed by atoms with van der Waals surface area (Å²) < 4.78 is 0. The molecule has 0 bridgehead atoms. The molecule has 0 saturated heterocycles. The summed E-state index contributed by atoms with van der Waals surface area (Å²) in [5.74, 6) is -0.522. The van der Waals surface area contributed by atoms with Gasteiger partial charge in [0, 0.05) is 19.8 Å². The summed E-state index contributed by atoms with van der Waals surface area (Å²) in [7, 11) is 3.26. The number of amides is 2. The van der Waals surface area contributed by atoms with Crippen LogP contribution in [0.1, 0.15) is 5.56 Å². The van der Waals surface area contributed by atoms with Gasteiger partial charge in [-0.2, -0.15) is 0 Å². The van der Waals surface area contributed by atoms with E-state index in [-0.39, 0.29) is 24.2 Å². The molecule has 0 spiro atoms. The molecule has 1 aromatic carbocycles. The molecule has 0 atom stereocenters. The number of benzene rings is 1. The monoisotopic (exact) mass is 268 g/mol. The van der Waals surface area contributed by atoms with Gasteiger partial charge in [-0.1, -0.05) is 18.2 Å². The van der Waals surface area contributed by atoms with Crippen molar-refractivity contribution in [3.8, 4) is 0 Å². The van der Waals surface area contributed by atoms with E-state index >= 15 is 0 Å². The van der Waals surface area contributed by atoms with Gasteiger partial charge in [0.2, 0.25) is 11.8 Å². The fourth-order valence-corrected chi connectivity index (χ4v) is 1.78. The summed E-state index contributed by atoms with van der Waals surface area (Å²) >= 11 is 5.44. The third kappa shape index (κ3) is 3.47. The molecule has 98 valence electrons. The van der Waals surface area contributed by atoms with Crippen molar-refractivity contribution in [1.29, 1.82) is 0 Å². The second-order valence-electron chi connectivity index (χ2n) is 4.12. The predicted molar refractivity (Wildman–Crippen MR) is 72.9 cm³/mol. The number of carbonyl (C=O) groups excluding carboxylic acids is 2. The van der Waals surface area contributed by atoms with E-state index in [0.717, 1.165) is 11.3 Å². The molecule has 0 aliphatic rings. The Morgan fingerprint density at radius 1 is 1.17 bits per heavy atom. The molecule has 0 aliphatic heterocycles. The quantitative estimate of drug-likeness (QED) is 0.779. The summed E-state index contributed by atoms with van der Waals surface area (Å²) in [6.45, 7) is 1.96. The number of rotatable bonds is 4. The van der Waals surface area contributed by atoms with Gasteiger partial charge in [0.25, 0.3) is 0 Å². The van der Waals surface area contributed by atoms with Crippen molar-refractivity contribution >= 4 is 29.1 Å². The van der Waals surface area contributed by atoms with Gasteiger partial charge < -0.3 is 9.80 Å². The molecule has 4 nitrogen and oxygen atoms in total. The number of para-hydroxylation sites is 1. The van der Waals surface area contributed by atoms with Crippen molar-refractivity contribution < 1.29 is 9.59 Å². The molecule has 0 aliphatic carbocycles. The molecule has 0 N–H and O–H groups in total. The number of hydrogen-bond acceptors (Lipinski definition) is 2. The molecule has 0 unspecified atom stereocenters. The number of aryl methyl sites for hydroxylation is 1. The highest BCUT2D eigenvalue weighted by atomic mass is 35.5. The fourth-order valence-electron chi connectivity index (χ4n) is 1.57. The van der Waals surface area contributed by atoms with E-state index in [4.69, 9.17) is 11.6 Å². The number of anilines is 1. The van der Waals surface area contributed by atoms with Crippen LogP contribution < -0.4 is 4.90 Å². The Labute approximate surface area is 112 Å². The third-order valence-corrected chi connectivity index (χ3v) is 2.99. The van der Waals surface area contributed by atoms with E-state index in [1.165, 1.54) is 4.90 Å². The average Bonchev–Trinajstić information content (AvgIpc) is 2.37. The lowest BCUT2D eigenvalue weighted by molar-refractivity contribution is -0.131. The standard InChI is InChI=1S/C13H17ClN2O2/c1-10-6-4-5-7-11(10)16(3)13(18)9-15(2)12(17)8-14/h4-7H,8-9H2,1-3H3. The predicted octanol–water partition coefficient (Wildman–Crippen LogP) is 1.66. The van der Waals surface area contributed by atoms with Crippen molar-refractivity contribution in [2.24, 2.45) is 0 Å². The molecule has 0 fully saturated rings. The second kappa shape index (κ2) is 6.40. The summed E-state index contributed by atoms with van der Waals surface area (Å²) in [6.07, 6.45) is 0. The van der Waals surface area contributed by atoms with Crippen LogP contribution in [-0.2, 0) is 9.59 Å². The molecule has 1 rings (SSSR count). The zero-order chi connectivity index (χ0) is 13.7. The minimum absolute atomic E-state index is 0.0242. The Hall–Kier alpha value is -1.55. The van der Waals surface area contributed by atoms with Crippen LogP contribution in [0.3, 0.4) is 0 Å². The maximum Gasteiger partial charge on any atom is 0.246 e. The van der Waals surface area contributed by atoms with Crippen LogP contribution in [0.15, 0.2) is 24.3 Å². The van der Waals surface area contributed by atoms with Crippen LogP contribution in [0.25, 0.3) is 0 Å². The first-order valence-electron chi connectivity index (χ1n) is 5.59. The first-order valence-corrected chi connectivity index (χ1v) is 6.13. The molecule has 5 heteroatoms. The zero-order valence-electron chi connectivity index (χ0n) is 10.8. The number of halogens is 1. The lowest BCUT2D eigenvalue weighted by Gasteiger charge is -2.23. The van der Waals surface area contributed by atoms with Crippen LogP contribution >= 0.6 is 11.6 Å². The molecular formula is C13H17ClN2O2. The van der Waals surface area contributed by atoms with Crippen molar-refractivity contribution in [2.75, 3.05) is 31.4 Å². The van der Waals surface area contributed by atoms with Crippen LogP contribution in [-0.4, -0.2) is 43.2 Å². The van der Waals surface area contributed by atoms with Gasteiger partial charge in [0.05, 0.1) is 6.54 Å². The topological polar surface area (TPSA) is 40.6 Å². The summed E-state index contributed by atoms with van der Waals surface area (Å²) in [5.41, 5.74) is 1.86. The number of carbonyl (C=O) groups is 2. The molecule has 0 radical (unpaired) electrons. The maximum absolute atomic E-state index is 12.0. The first kappa shape index (κ1) is 14.5. The highest BCUT2D eigenvalue weighted by molar-refractivity contribution is 6.27. The highest BCUT2D eigenvalue weighted by Gasteiger charge is 2.17. The second-order valence-corrected chi connectivity index (χ2v) is 4.39. The van der Waals surface area contributed by atoms with E-state index in [0.29, 0.717) is 0 Å². The lowest BCUT2D eigenvalue weighted by atomic mass is 10.2. The van der Waals surface area contributed by atoms with E-state index < -0.39 is 0 Å². The molecule has 0 aromatic heterocycles. The van der Waals surface area contributed by atoms with Gasteiger partial charge in [0.15, 0.2) is 0 Å². The Balaban J connectivity index is 2.74. The fraction of sp³-hybridized carbons (Fsp3) is 0.385. The molecule has 0 heterocycles. The van der Waals surface area contributed by atoms with Gasteiger partial charge in [-0.25, -0.2) is 0 Å². The van der Waals surface area contributed by atoms with Gasteiger partial charge in [-0.15, -0.1) is 11.6 Å². The number of alkyl halides is 1. The Morgan fingerprint density at radius 3 is 2.33 bits per heavy atom. The Bertz CT molecular complexity index is 448. The van der Waals surface area contributed by atoms with Gasteiger partial charge >= 0.3 is 0 Å². The Morgan fingerprint density at radius 2 is 1.78 bits per heavy atom. The van der Waals surface area contributed by atoms with Gasteiger partial charge in [0.1, 0.15) is 5.88 Å². The van der Waals surface area contributed by atoms with E-state index in [1.807, 2.05) is 31.2 Å². The lowest BCUT2D eigenvalue weighted by Crippen LogP contribution is -2.40. The molecule has 0 saturated carbocycles. The number of hydrogen-bond donors (Lipinski definition) is 0. The van der Waals surface area contributed by atoms with Crippen molar-refractivity contribution in [3.63, 3.8) is 0 Å². The molecule has 2 amide bonds. The summed E-state index contributed by atoms with van der Waals surface area (Å²) in [5, 5.41) is 0. The zero-order valence-corrected chi connectivity index (χ0v) is 11.6. The van der Waals surface area contributed by atoms with Crippen LogP contribution in [0.4, 0.5) is 5.69 Å². The number of nitrogens with zero attached hydrogens (tertiary/aromatic N) is 2. The van der Waals surface area contributed by atoms with E-state index in [2.05, 4.69) is 0 Å². The van der Waals surface area contributed by atoms with Crippen molar-refractivity contribution in [1.82, 2.24) is 4.90 Å². The van der Waals surface area contributed by atoms with E-state index in [1.54, 1.807) is 19.0 Å². The van der Waals surface area contributed by atoms with Crippen molar-refractivity contribution in [2.45, 2.75) is 6.92 Å². The largest absolute Gasteiger partial charge is 0.335 e. The SMILES string of the molecule is Cc1ccccc1N(C)C(=O)CN(C)C(=O)CCl. The number of likely N-dealkylation sites (N-methyl/N-ethyl adjacent to an activating group) is 2. The molecule has 18 heavy (non-hydrogen) atoms. The van der Waals surface area contributed by atoms with Gasteiger partial charge in [-0.3, -0.25) is 9.59 Å².